The fraction of sp³-hybridized carbons (Fsp3) is 0.100. The number of aryl methyl sites for hydroxylation is 2. The van der Waals surface area contributed by atoms with Crippen LogP contribution in [0.3, 0.4) is 0 Å². The van der Waals surface area contributed by atoms with Crippen LogP contribution in [0.1, 0.15) is 11.1 Å². The normalized spacial score (nSPS) is 11.3. The monoisotopic (exact) mass is 478 g/mol. The van der Waals surface area contributed by atoms with Crippen molar-refractivity contribution in [2.75, 3.05) is 0 Å². The number of hydrogen-bond acceptors (Lipinski definition) is 4. The van der Waals surface area contributed by atoms with Gasteiger partial charge in [0, 0.05) is 0 Å². The quantitative estimate of drug-likeness (QED) is 0.424. The molecule has 130 valence electrons. The maximum absolute atomic E-state index is 12.7. The van der Waals surface area contributed by atoms with Gasteiger partial charge in [-0.2, -0.15) is 0 Å². The molecule has 0 bridgehead atoms. The third kappa shape index (κ3) is 2.95. The van der Waals surface area contributed by atoms with Gasteiger partial charge in [0.05, 0.1) is 0 Å². The summed E-state index contributed by atoms with van der Waals surface area (Å²) < 4.78 is 12.7. The van der Waals surface area contributed by atoms with Crippen molar-refractivity contribution < 1.29 is 8.83 Å². The number of benzene rings is 2. The number of hydrogen-bond donors (Lipinski definition) is 0. The first kappa shape index (κ1) is 17.3. The molecule has 0 fully saturated rings. The van der Waals surface area contributed by atoms with Gasteiger partial charge >= 0.3 is 160 Å². The summed E-state index contributed by atoms with van der Waals surface area (Å²) in [5.74, 6) is 0. The Kier molecular flexibility index (Phi) is 4.60. The SMILES string of the molecule is Cc1cccc2c(=O)c([Se][Se]c3coc4c(C)cccc4c3=O)coc12. The molecule has 0 spiro atoms. The Morgan fingerprint density at radius 1 is 0.692 bits per heavy atom. The van der Waals surface area contributed by atoms with E-state index in [-0.39, 0.29) is 37.1 Å². The number of rotatable bonds is 3. The molecule has 4 aromatic rings. The van der Waals surface area contributed by atoms with Crippen LogP contribution in [-0.4, -0.2) is 26.3 Å². The third-order valence-electron chi connectivity index (χ3n) is 4.15. The minimum atomic E-state index is -0.155. The molecule has 0 saturated carbocycles. The Labute approximate surface area is 160 Å². The fourth-order valence-corrected chi connectivity index (χ4v) is 8.76. The average Bonchev–Trinajstić information content (AvgIpc) is 2.64. The van der Waals surface area contributed by atoms with Crippen molar-refractivity contribution in [3.05, 3.63) is 80.5 Å². The van der Waals surface area contributed by atoms with Gasteiger partial charge in [0.15, 0.2) is 0 Å². The predicted molar refractivity (Wildman–Crippen MR) is 105 cm³/mol. The van der Waals surface area contributed by atoms with Gasteiger partial charge in [-0.25, -0.2) is 0 Å². The summed E-state index contributed by atoms with van der Waals surface area (Å²) in [6, 6.07) is 11.1. The molecule has 0 N–H and O–H groups in total. The molecular formula is C20H14O4Se2. The minimum absolute atomic E-state index is 0.00199. The van der Waals surface area contributed by atoms with Crippen LogP contribution in [0.2, 0.25) is 0 Å². The molecule has 0 aliphatic carbocycles. The molecule has 26 heavy (non-hydrogen) atoms. The second-order valence-electron chi connectivity index (χ2n) is 5.93. The van der Waals surface area contributed by atoms with E-state index in [0.717, 1.165) is 11.1 Å². The first-order valence-electron chi connectivity index (χ1n) is 7.93. The summed E-state index contributed by atoms with van der Waals surface area (Å²) >= 11 is -0.310. The van der Waals surface area contributed by atoms with Gasteiger partial charge in [0.1, 0.15) is 0 Å². The molecule has 2 heterocycles. The Bertz CT molecular complexity index is 1160. The van der Waals surface area contributed by atoms with Crippen molar-refractivity contribution in [3.63, 3.8) is 0 Å². The van der Waals surface area contributed by atoms with Crippen molar-refractivity contribution in [2.45, 2.75) is 13.8 Å². The molecular weight excluding hydrogens is 462 g/mol. The molecule has 0 amide bonds. The third-order valence-corrected chi connectivity index (χ3v) is 11.1. The molecule has 0 aliphatic heterocycles. The molecule has 0 aliphatic rings. The molecule has 6 heteroatoms. The van der Waals surface area contributed by atoms with Crippen LogP contribution in [0, 0.1) is 13.8 Å². The topological polar surface area (TPSA) is 60.4 Å². The zero-order valence-corrected chi connectivity index (χ0v) is 17.5. The van der Waals surface area contributed by atoms with Crippen molar-refractivity contribution in [3.8, 4) is 0 Å². The summed E-state index contributed by atoms with van der Waals surface area (Å²) in [4.78, 5) is 25.4. The van der Waals surface area contributed by atoms with Crippen molar-refractivity contribution in [1.29, 1.82) is 0 Å². The average molecular weight is 476 g/mol. The van der Waals surface area contributed by atoms with Crippen LogP contribution in [0.5, 0.6) is 0 Å². The van der Waals surface area contributed by atoms with E-state index in [4.69, 9.17) is 8.83 Å². The summed E-state index contributed by atoms with van der Waals surface area (Å²) in [6.07, 6.45) is 3.10. The summed E-state index contributed by atoms with van der Waals surface area (Å²) in [7, 11) is 0. The van der Waals surface area contributed by atoms with Gasteiger partial charge in [-0.15, -0.1) is 0 Å². The van der Waals surface area contributed by atoms with E-state index in [1.807, 2.05) is 38.1 Å². The molecule has 2 aromatic carbocycles. The molecule has 4 nitrogen and oxygen atoms in total. The van der Waals surface area contributed by atoms with E-state index < -0.39 is 0 Å². The summed E-state index contributed by atoms with van der Waals surface area (Å²) in [5.41, 5.74) is 3.13. The van der Waals surface area contributed by atoms with Crippen LogP contribution in [-0.2, 0) is 0 Å². The van der Waals surface area contributed by atoms with E-state index in [2.05, 4.69) is 0 Å². The van der Waals surface area contributed by atoms with Crippen LogP contribution in [0.25, 0.3) is 21.9 Å². The van der Waals surface area contributed by atoms with E-state index >= 15 is 0 Å². The van der Waals surface area contributed by atoms with E-state index in [1.165, 1.54) is 0 Å². The summed E-state index contributed by atoms with van der Waals surface area (Å²) in [6.45, 7) is 3.84. The Morgan fingerprint density at radius 2 is 1.12 bits per heavy atom. The van der Waals surface area contributed by atoms with Gasteiger partial charge < -0.3 is 0 Å². The van der Waals surface area contributed by atoms with Gasteiger partial charge in [-0.05, 0) is 0 Å². The summed E-state index contributed by atoms with van der Waals surface area (Å²) in [5, 5.41) is 1.20. The number of fused-ring (bicyclic) bond motifs is 2. The van der Waals surface area contributed by atoms with E-state index in [0.29, 0.717) is 30.9 Å². The standard InChI is InChI=1S/C20H14O4Se2/c1-11-5-3-7-13-17(21)15(9-23-19(11)13)25-26-16-10-24-20-12(2)6-4-8-14(20)18(16)22/h3-10H,1-2H3. The Morgan fingerprint density at radius 3 is 1.54 bits per heavy atom. The van der Waals surface area contributed by atoms with Crippen molar-refractivity contribution in [2.24, 2.45) is 0 Å². The van der Waals surface area contributed by atoms with Crippen LogP contribution < -0.4 is 19.8 Å². The van der Waals surface area contributed by atoms with Crippen LogP contribution in [0.15, 0.2) is 67.3 Å². The Balaban J connectivity index is 1.70. The molecule has 0 unspecified atom stereocenters. The van der Waals surface area contributed by atoms with Crippen molar-refractivity contribution in [1.82, 2.24) is 0 Å². The first-order valence-corrected chi connectivity index (χ1v) is 14.0. The van der Waals surface area contributed by atoms with Gasteiger partial charge in [-0.3, -0.25) is 0 Å². The van der Waals surface area contributed by atoms with E-state index in [1.54, 1.807) is 24.7 Å². The van der Waals surface area contributed by atoms with Crippen molar-refractivity contribution >= 4 is 57.1 Å². The number of para-hydroxylation sites is 2. The maximum atomic E-state index is 12.7. The first-order chi connectivity index (χ1) is 12.6. The van der Waals surface area contributed by atoms with Gasteiger partial charge in [-0.1, -0.05) is 0 Å². The molecule has 0 saturated heterocycles. The second-order valence-corrected chi connectivity index (χ2v) is 12.1. The van der Waals surface area contributed by atoms with Crippen LogP contribution in [0.4, 0.5) is 0 Å². The molecule has 4 rings (SSSR count). The molecule has 2 aromatic heterocycles. The van der Waals surface area contributed by atoms with Gasteiger partial charge in [0.25, 0.3) is 0 Å². The fourth-order valence-electron chi connectivity index (χ4n) is 2.78. The van der Waals surface area contributed by atoms with E-state index in [9.17, 15) is 9.59 Å². The molecule has 0 radical (unpaired) electrons. The molecule has 0 atom stereocenters. The zero-order valence-electron chi connectivity index (χ0n) is 14.1. The zero-order chi connectivity index (χ0) is 18.3. The Hall–Kier alpha value is -2.10. The predicted octanol–water partition coefficient (Wildman–Crippen LogP) is 1.79. The second kappa shape index (κ2) is 6.90. The van der Waals surface area contributed by atoms with Gasteiger partial charge in [0.2, 0.25) is 0 Å². The van der Waals surface area contributed by atoms with Crippen LogP contribution >= 0.6 is 0 Å².